The largest absolute Gasteiger partial charge is 0.381 e. The molecule has 1 aromatic heterocycles. The molecule has 0 bridgehead atoms. The predicted molar refractivity (Wildman–Crippen MR) is 72.9 cm³/mol. The number of amides is 1. The van der Waals surface area contributed by atoms with E-state index in [1.807, 2.05) is 24.6 Å². The van der Waals surface area contributed by atoms with Gasteiger partial charge in [0.15, 0.2) is 0 Å². The number of carbonyl (C=O) groups is 1. The second-order valence-electron chi connectivity index (χ2n) is 5.29. The molecule has 2 rings (SSSR count). The van der Waals surface area contributed by atoms with Gasteiger partial charge in [0.05, 0.1) is 12.2 Å². The molecule has 1 amide bonds. The van der Waals surface area contributed by atoms with Crippen molar-refractivity contribution in [2.24, 2.45) is 5.92 Å². The van der Waals surface area contributed by atoms with Crippen LogP contribution in [0.2, 0.25) is 0 Å². The Morgan fingerprint density at radius 1 is 1.58 bits per heavy atom. The fourth-order valence-electron chi connectivity index (χ4n) is 2.51. The van der Waals surface area contributed by atoms with Crippen molar-refractivity contribution in [3.05, 3.63) is 17.5 Å². The third-order valence-electron chi connectivity index (χ3n) is 3.48. The molecule has 1 N–H and O–H groups in total. The van der Waals surface area contributed by atoms with E-state index in [1.54, 1.807) is 0 Å². The maximum Gasteiger partial charge on any atom is 0.220 e. The van der Waals surface area contributed by atoms with Crippen LogP contribution in [0.5, 0.6) is 0 Å². The molecule has 1 atom stereocenters. The van der Waals surface area contributed by atoms with Gasteiger partial charge in [-0.25, -0.2) is 0 Å². The predicted octanol–water partition coefficient (Wildman–Crippen LogP) is 1.43. The van der Waals surface area contributed by atoms with E-state index >= 15 is 0 Å². The molecular weight excluding hydrogens is 242 g/mol. The van der Waals surface area contributed by atoms with Crippen LogP contribution in [0.25, 0.3) is 0 Å². The maximum atomic E-state index is 11.8. The van der Waals surface area contributed by atoms with Crippen LogP contribution in [0.3, 0.4) is 0 Å². The van der Waals surface area contributed by atoms with E-state index in [9.17, 15) is 4.79 Å². The molecule has 0 aliphatic carbocycles. The standard InChI is InChI=1S/C14H23N3O2/c1-11-8-12(2)17(16-11)6-5-15-14(18)9-13-4-3-7-19-10-13/h8,13H,3-7,9-10H2,1-2H3,(H,15,18)/t13-/m1/s1. The lowest BCUT2D eigenvalue weighted by molar-refractivity contribution is -0.123. The smallest absolute Gasteiger partial charge is 0.220 e. The van der Waals surface area contributed by atoms with Crippen LogP contribution in [0, 0.1) is 19.8 Å². The van der Waals surface area contributed by atoms with Crippen LogP contribution < -0.4 is 5.32 Å². The van der Waals surface area contributed by atoms with Crippen molar-refractivity contribution >= 4 is 5.91 Å². The van der Waals surface area contributed by atoms with Gasteiger partial charge in [0, 0.05) is 31.9 Å². The molecule has 1 aromatic rings. The first-order chi connectivity index (χ1) is 9.15. The number of rotatable bonds is 5. The van der Waals surface area contributed by atoms with Gasteiger partial charge in [-0.1, -0.05) is 0 Å². The minimum absolute atomic E-state index is 0.122. The zero-order valence-electron chi connectivity index (χ0n) is 11.8. The number of hydrogen-bond acceptors (Lipinski definition) is 3. The Morgan fingerprint density at radius 3 is 3.05 bits per heavy atom. The molecule has 1 aliphatic rings. The molecule has 2 heterocycles. The van der Waals surface area contributed by atoms with Gasteiger partial charge in [0.1, 0.15) is 0 Å². The van der Waals surface area contributed by atoms with Crippen LogP contribution in [-0.2, 0) is 16.1 Å². The van der Waals surface area contributed by atoms with Crippen molar-refractivity contribution in [3.63, 3.8) is 0 Å². The van der Waals surface area contributed by atoms with Crippen LogP contribution in [0.1, 0.15) is 30.7 Å². The van der Waals surface area contributed by atoms with Crippen molar-refractivity contribution in [1.29, 1.82) is 0 Å². The van der Waals surface area contributed by atoms with E-state index in [0.717, 1.165) is 44.0 Å². The van der Waals surface area contributed by atoms with Crippen LogP contribution in [-0.4, -0.2) is 35.4 Å². The molecule has 1 aliphatic heterocycles. The molecular formula is C14H23N3O2. The van der Waals surface area contributed by atoms with Gasteiger partial charge in [0.25, 0.3) is 0 Å². The van der Waals surface area contributed by atoms with Crippen LogP contribution >= 0.6 is 0 Å². The van der Waals surface area contributed by atoms with Crippen LogP contribution in [0.15, 0.2) is 6.07 Å². The quantitative estimate of drug-likeness (QED) is 0.876. The molecule has 1 saturated heterocycles. The molecule has 0 saturated carbocycles. The lowest BCUT2D eigenvalue weighted by Crippen LogP contribution is -2.31. The Bertz CT molecular complexity index is 422. The Labute approximate surface area is 114 Å². The van der Waals surface area contributed by atoms with E-state index in [2.05, 4.69) is 10.4 Å². The number of aryl methyl sites for hydroxylation is 2. The Kier molecular flexibility index (Phi) is 4.96. The number of carbonyl (C=O) groups excluding carboxylic acids is 1. The van der Waals surface area contributed by atoms with Gasteiger partial charge in [-0.3, -0.25) is 9.48 Å². The topological polar surface area (TPSA) is 56.2 Å². The van der Waals surface area contributed by atoms with Gasteiger partial charge >= 0.3 is 0 Å². The van der Waals surface area contributed by atoms with E-state index in [4.69, 9.17) is 4.74 Å². The lowest BCUT2D eigenvalue weighted by atomic mass is 9.98. The first-order valence-electron chi connectivity index (χ1n) is 7.00. The van der Waals surface area contributed by atoms with Gasteiger partial charge in [-0.15, -0.1) is 0 Å². The fourth-order valence-corrected chi connectivity index (χ4v) is 2.51. The second-order valence-corrected chi connectivity index (χ2v) is 5.29. The van der Waals surface area contributed by atoms with Gasteiger partial charge in [-0.2, -0.15) is 5.10 Å². The van der Waals surface area contributed by atoms with Crippen molar-refractivity contribution < 1.29 is 9.53 Å². The van der Waals surface area contributed by atoms with Crippen molar-refractivity contribution in [2.45, 2.75) is 39.7 Å². The van der Waals surface area contributed by atoms with E-state index < -0.39 is 0 Å². The Morgan fingerprint density at radius 2 is 2.42 bits per heavy atom. The number of aromatic nitrogens is 2. The highest BCUT2D eigenvalue weighted by Gasteiger charge is 2.17. The summed E-state index contributed by atoms with van der Waals surface area (Å²) in [5, 5.41) is 7.33. The van der Waals surface area contributed by atoms with Gasteiger partial charge in [-0.05, 0) is 38.7 Å². The van der Waals surface area contributed by atoms with Crippen molar-refractivity contribution in [2.75, 3.05) is 19.8 Å². The first kappa shape index (κ1) is 14.1. The number of ether oxygens (including phenoxy) is 1. The zero-order valence-corrected chi connectivity index (χ0v) is 11.8. The van der Waals surface area contributed by atoms with E-state index in [1.165, 1.54) is 0 Å². The van der Waals surface area contributed by atoms with Gasteiger partial charge < -0.3 is 10.1 Å². The summed E-state index contributed by atoms with van der Waals surface area (Å²) in [5.41, 5.74) is 2.15. The first-order valence-corrected chi connectivity index (χ1v) is 7.00. The summed E-state index contributed by atoms with van der Waals surface area (Å²) in [5.74, 6) is 0.513. The van der Waals surface area contributed by atoms with Crippen molar-refractivity contribution in [3.8, 4) is 0 Å². The molecule has 1 fully saturated rings. The lowest BCUT2D eigenvalue weighted by Gasteiger charge is -2.21. The summed E-state index contributed by atoms with van der Waals surface area (Å²) in [6.07, 6.45) is 2.76. The number of nitrogens with one attached hydrogen (secondary N) is 1. The molecule has 5 nitrogen and oxygen atoms in total. The molecule has 0 unspecified atom stereocenters. The van der Waals surface area contributed by atoms with Crippen LogP contribution in [0.4, 0.5) is 0 Å². The van der Waals surface area contributed by atoms with E-state index in [0.29, 0.717) is 18.9 Å². The Balaban J connectivity index is 1.67. The summed E-state index contributed by atoms with van der Waals surface area (Å²) in [7, 11) is 0. The third-order valence-corrected chi connectivity index (χ3v) is 3.48. The SMILES string of the molecule is Cc1cc(C)n(CCNC(=O)C[C@H]2CCCOC2)n1. The monoisotopic (exact) mass is 265 g/mol. The molecule has 106 valence electrons. The zero-order chi connectivity index (χ0) is 13.7. The minimum atomic E-state index is 0.122. The molecule has 19 heavy (non-hydrogen) atoms. The van der Waals surface area contributed by atoms with E-state index in [-0.39, 0.29) is 5.91 Å². The van der Waals surface area contributed by atoms with Gasteiger partial charge in [0.2, 0.25) is 5.91 Å². The molecule has 0 radical (unpaired) electrons. The normalized spacial score (nSPS) is 19.4. The average molecular weight is 265 g/mol. The number of nitrogens with zero attached hydrogens (tertiary/aromatic N) is 2. The molecule has 5 heteroatoms. The minimum Gasteiger partial charge on any atom is -0.381 e. The highest BCUT2D eigenvalue weighted by atomic mass is 16.5. The summed E-state index contributed by atoms with van der Waals surface area (Å²) in [6, 6.07) is 2.04. The number of hydrogen-bond donors (Lipinski definition) is 1. The summed E-state index contributed by atoms with van der Waals surface area (Å²) in [4.78, 5) is 11.8. The molecule has 0 aromatic carbocycles. The third kappa shape index (κ3) is 4.35. The summed E-state index contributed by atoms with van der Waals surface area (Å²) >= 11 is 0. The summed E-state index contributed by atoms with van der Waals surface area (Å²) in [6.45, 7) is 6.94. The average Bonchev–Trinajstić information content (AvgIpc) is 2.69. The highest BCUT2D eigenvalue weighted by molar-refractivity contribution is 5.76. The fraction of sp³-hybridized carbons (Fsp3) is 0.714. The highest BCUT2D eigenvalue weighted by Crippen LogP contribution is 2.16. The molecule has 0 spiro atoms. The van der Waals surface area contributed by atoms with Crippen molar-refractivity contribution in [1.82, 2.24) is 15.1 Å². The summed E-state index contributed by atoms with van der Waals surface area (Å²) < 4.78 is 7.31. The second kappa shape index (κ2) is 6.70. The maximum absolute atomic E-state index is 11.8. The Hall–Kier alpha value is -1.36.